The molecule has 0 saturated carbocycles. The molecule has 0 fully saturated rings. The van der Waals surface area contributed by atoms with Gasteiger partial charge >= 0.3 is 5.69 Å². The topological polar surface area (TPSA) is 103 Å². The molecule has 1 aromatic rings. The van der Waals surface area contributed by atoms with E-state index in [4.69, 9.17) is 10.5 Å². The highest BCUT2D eigenvalue weighted by Crippen LogP contribution is 2.21. The minimum Gasteiger partial charge on any atom is -0.476 e. The first-order valence-electron chi connectivity index (χ1n) is 5.28. The van der Waals surface area contributed by atoms with Crippen molar-refractivity contribution in [1.82, 2.24) is 10.3 Å². The average Bonchev–Trinajstić information content (AvgIpc) is 2.23. The second-order valence-corrected chi connectivity index (χ2v) is 3.77. The lowest BCUT2D eigenvalue weighted by atomic mass is 10.4. The number of nitro groups is 1. The van der Waals surface area contributed by atoms with Gasteiger partial charge in [-0.2, -0.15) is 4.98 Å². The quantitative estimate of drug-likeness (QED) is 0.436. The van der Waals surface area contributed by atoms with Crippen LogP contribution in [0.5, 0.6) is 5.88 Å². The molecule has 0 spiro atoms. The molecule has 0 radical (unpaired) electrons. The Balaban J connectivity index is 2.50. The van der Waals surface area contributed by atoms with Gasteiger partial charge in [0.2, 0.25) is 11.7 Å². The lowest BCUT2D eigenvalue weighted by molar-refractivity contribution is -0.384. The number of nitrogen functional groups attached to an aromatic ring is 1. The van der Waals surface area contributed by atoms with E-state index in [1.165, 1.54) is 12.1 Å². The van der Waals surface area contributed by atoms with Crippen LogP contribution in [0.3, 0.4) is 0 Å². The Labute approximate surface area is 99.1 Å². The predicted octanol–water partition coefficient (Wildman–Crippen LogP) is 0.949. The first-order valence-corrected chi connectivity index (χ1v) is 5.28. The fraction of sp³-hybridized carbons (Fsp3) is 0.500. The molecule has 1 heterocycles. The van der Waals surface area contributed by atoms with E-state index in [1.54, 1.807) is 0 Å². The summed E-state index contributed by atoms with van der Waals surface area (Å²) in [5, 5.41) is 13.7. The zero-order valence-electron chi connectivity index (χ0n) is 9.84. The second-order valence-electron chi connectivity index (χ2n) is 3.77. The number of aromatic nitrogens is 1. The number of hydrogen-bond acceptors (Lipinski definition) is 6. The maximum atomic E-state index is 10.5. The average molecular weight is 240 g/mol. The van der Waals surface area contributed by atoms with Gasteiger partial charge in [-0.1, -0.05) is 13.8 Å². The van der Waals surface area contributed by atoms with Crippen LogP contribution in [0.4, 0.5) is 11.5 Å². The first kappa shape index (κ1) is 13.2. The fourth-order valence-electron chi connectivity index (χ4n) is 1.19. The van der Waals surface area contributed by atoms with Gasteiger partial charge in [0.05, 0.1) is 4.92 Å². The third kappa shape index (κ3) is 4.23. The molecule has 1 rings (SSSR count). The Kier molecular flexibility index (Phi) is 4.65. The lowest BCUT2D eigenvalue weighted by Crippen LogP contribution is -2.27. The minimum absolute atomic E-state index is 0.135. The summed E-state index contributed by atoms with van der Waals surface area (Å²) in [6, 6.07) is 3.10. The molecule has 17 heavy (non-hydrogen) atoms. The van der Waals surface area contributed by atoms with Crippen molar-refractivity contribution in [3.05, 3.63) is 22.2 Å². The molecule has 94 valence electrons. The molecule has 0 bridgehead atoms. The minimum atomic E-state index is -0.577. The lowest BCUT2D eigenvalue weighted by Gasteiger charge is -2.09. The van der Waals surface area contributed by atoms with Crippen LogP contribution >= 0.6 is 0 Å². The summed E-state index contributed by atoms with van der Waals surface area (Å²) in [5.41, 5.74) is 5.22. The number of nitrogens with two attached hydrogens (primary N) is 1. The van der Waals surface area contributed by atoms with Crippen molar-refractivity contribution in [2.75, 3.05) is 18.9 Å². The molecular formula is C10H16N4O3. The van der Waals surface area contributed by atoms with Crippen LogP contribution in [0.25, 0.3) is 0 Å². The van der Waals surface area contributed by atoms with Crippen molar-refractivity contribution >= 4 is 11.5 Å². The van der Waals surface area contributed by atoms with Crippen LogP contribution in [-0.4, -0.2) is 29.1 Å². The SMILES string of the molecule is CC(C)NCCOc1ccc([N+](=O)[O-])c(N)n1. The van der Waals surface area contributed by atoms with Crippen LogP contribution in [0, 0.1) is 10.1 Å². The monoisotopic (exact) mass is 240 g/mol. The van der Waals surface area contributed by atoms with Crippen LogP contribution in [0.2, 0.25) is 0 Å². The first-order chi connectivity index (χ1) is 8.00. The van der Waals surface area contributed by atoms with Gasteiger partial charge in [-0.15, -0.1) is 0 Å². The summed E-state index contributed by atoms with van der Waals surface area (Å²) in [6.07, 6.45) is 0. The summed E-state index contributed by atoms with van der Waals surface area (Å²) in [5.74, 6) is 0.156. The standard InChI is InChI=1S/C10H16N4O3/c1-7(2)12-5-6-17-9-4-3-8(14(15)16)10(11)13-9/h3-4,7,12H,5-6H2,1-2H3,(H2,11,13). The summed E-state index contributed by atoms with van der Waals surface area (Å²) in [6.45, 7) is 5.17. The Morgan fingerprint density at radius 2 is 2.29 bits per heavy atom. The number of nitrogens with one attached hydrogen (secondary N) is 1. The van der Waals surface area contributed by atoms with E-state index in [0.717, 1.165) is 0 Å². The molecular weight excluding hydrogens is 224 g/mol. The molecule has 7 heteroatoms. The molecule has 7 nitrogen and oxygen atoms in total. The van der Waals surface area contributed by atoms with Gasteiger partial charge in [-0.3, -0.25) is 10.1 Å². The molecule has 1 aromatic heterocycles. The molecule has 0 aromatic carbocycles. The third-order valence-electron chi connectivity index (χ3n) is 1.98. The highest BCUT2D eigenvalue weighted by atomic mass is 16.6. The molecule has 0 aliphatic rings. The molecule has 0 aliphatic heterocycles. The van der Waals surface area contributed by atoms with Crippen molar-refractivity contribution in [1.29, 1.82) is 0 Å². The van der Waals surface area contributed by atoms with E-state index in [-0.39, 0.29) is 11.5 Å². The molecule has 3 N–H and O–H groups in total. The molecule has 0 aliphatic carbocycles. The highest BCUT2D eigenvalue weighted by molar-refractivity contribution is 5.53. The van der Waals surface area contributed by atoms with Gasteiger partial charge in [-0.05, 0) is 0 Å². The summed E-state index contributed by atoms with van der Waals surface area (Å²) in [7, 11) is 0. The summed E-state index contributed by atoms with van der Waals surface area (Å²) >= 11 is 0. The number of hydrogen-bond donors (Lipinski definition) is 2. The number of rotatable bonds is 6. The Morgan fingerprint density at radius 3 is 2.82 bits per heavy atom. The third-order valence-corrected chi connectivity index (χ3v) is 1.98. The van der Waals surface area contributed by atoms with Gasteiger partial charge in [0.25, 0.3) is 0 Å². The van der Waals surface area contributed by atoms with Crippen molar-refractivity contribution in [2.24, 2.45) is 0 Å². The fourth-order valence-corrected chi connectivity index (χ4v) is 1.19. The van der Waals surface area contributed by atoms with E-state index in [9.17, 15) is 10.1 Å². The highest BCUT2D eigenvalue weighted by Gasteiger charge is 2.13. The maximum Gasteiger partial charge on any atom is 0.311 e. The van der Waals surface area contributed by atoms with Gasteiger partial charge in [-0.25, -0.2) is 0 Å². The van der Waals surface area contributed by atoms with E-state index in [0.29, 0.717) is 25.1 Å². The van der Waals surface area contributed by atoms with Crippen molar-refractivity contribution < 1.29 is 9.66 Å². The Morgan fingerprint density at radius 1 is 1.59 bits per heavy atom. The number of pyridine rings is 1. The number of nitrogens with zero attached hydrogens (tertiary/aromatic N) is 2. The van der Waals surface area contributed by atoms with Crippen LogP contribution < -0.4 is 15.8 Å². The van der Waals surface area contributed by atoms with Gasteiger partial charge in [0.1, 0.15) is 6.61 Å². The van der Waals surface area contributed by atoms with Gasteiger partial charge < -0.3 is 15.8 Å². The van der Waals surface area contributed by atoms with E-state index in [1.807, 2.05) is 13.8 Å². The van der Waals surface area contributed by atoms with Crippen molar-refractivity contribution in [3.8, 4) is 5.88 Å². The normalized spacial score (nSPS) is 10.5. The zero-order valence-corrected chi connectivity index (χ0v) is 9.84. The van der Waals surface area contributed by atoms with Crippen LogP contribution in [0.15, 0.2) is 12.1 Å². The van der Waals surface area contributed by atoms with Crippen molar-refractivity contribution in [2.45, 2.75) is 19.9 Å². The van der Waals surface area contributed by atoms with Gasteiger partial charge in [0, 0.05) is 24.7 Å². The van der Waals surface area contributed by atoms with Crippen molar-refractivity contribution in [3.63, 3.8) is 0 Å². The maximum absolute atomic E-state index is 10.5. The number of ether oxygens (including phenoxy) is 1. The molecule has 0 atom stereocenters. The Hall–Kier alpha value is -1.89. The van der Waals surface area contributed by atoms with E-state index in [2.05, 4.69) is 10.3 Å². The number of anilines is 1. The molecule has 0 saturated heterocycles. The van der Waals surface area contributed by atoms with Crippen LogP contribution in [-0.2, 0) is 0 Å². The van der Waals surface area contributed by atoms with Crippen LogP contribution in [0.1, 0.15) is 13.8 Å². The molecule has 0 amide bonds. The van der Waals surface area contributed by atoms with Gasteiger partial charge in [0.15, 0.2) is 0 Å². The predicted molar refractivity (Wildman–Crippen MR) is 63.9 cm³/mol. The second kappa shape index (κ2) is 6.00. The summed E-state index contributed by atoms with van der Waals surface area (Å²) < 4.78 is 5.30. The largest absolute Gasteiger partial charge is 0.476 e. The van der Waals surface area contributed by atoms with E-state index >= 15 is 0 Å². The van der Waals surface area contributed by atoms with E-state index < -0.39 is 4.92 Å². The smallest absolute Gasteiger partial charge is 0.311 e. The zero-order chi connectivity index (χ0) is 12.8. The Bertz CT molecular complexity index is 395. The molecule has 0 unspecified atom stereocenters. The summed E-state index contributed by atoms with van der Waals surface area (Å²) in [4.78, 5) is 13.7.